The van der Waals surface area contributed by atoms with Gasteiger partial charge in [-0.25, -0.2) is 0 Å². The Balaban J connectivity index is 1.72. The maximum atomic E-state index is 13.0. The SMILES string of the molecule is CCCCCn1c(=O)c2ccccc2n2c(SCC(=O)NC3CC3)nnc12. The molecule has 2 aromatic heterocycles. The van der Waals surface area contributed by atoms with Crippen molar-refractivity contribution in [3.63, 3.8) is 0 Å². The largest absolute Gasteiger partial charge is 0.353 e. The van der Waals surface area contributed by atoms with Crippen LogP contribution >= 0.6 is 11.8 Å². The molecule has 0 aliphatic heterocycles. The lowest BCUT2D eigenvalue weighted by Gasteiger charge is -2.11. The molecule has 0 bridgehead atoms. The normalized spacial score (nSPS) is 14.1. The molecule has 7 nitrogen and oxygen atoms in total. The topological polar surface area (TPSA) is 81.3 Å². The highest BCUT2D eigenvalue weighted by atomic mass is 32.2. The second-order valence-corrected chi connectivity index (χ2v) is 7.87. The van der Waals surface area contributed by atoms with E-state index in [2.05, 4.69) is 22.4 Å². The predicted molar refractivity (Wildman–Crippen MR) is 106 cm³/mol. The number of aromatic nitrogens is 4. The molecule has 142 valence electrons. The molecule has 0 radical (unpaired) electrons. The van der Waals surface area contributed by atoms with Crippen LogP contribution in [0.3, 0.4) is 0 Å². The number of carbonyl (C=O) groups is 1. The van der Waals surface area contributed by atoms with E-state index in [9.17, 15) is 9.59 Å². The molecule has 1 amide bonds. The lowest BCUT2D eigenvalue weighted by atomic mass is 10.2. The zero-order valence-electron chi connectivity index (χ0n) is 15.4. The van der Waals surface area contributed by atoms with Crippen LogP contribution in [0.25, 0.3) is 16.7 Å². The van der Waals surface area contributed by atoms with Gasteiger partial charge in [-0.15, -0.1) is 10.2 Å². The lowest BCUT2D eigenvalue weighted by molar-refractivity contribution is -0.118. The van der Waals surface area contributed by atoms with Crippen LogP contribution in [0.2, 0.25) is 0 Å². The maximum Gasteiger partial charge on any atom is 0.262 e. The third-order valence-corrected chi connectivity index (χ3v) is 5.67. The number of rotatable bonds is 8. The summed E-state index contributed by atoms with van der Waals surface area (Å²) < 4.78 is 3.61. The van der Waals surface area contributed by atoms with Gasteiger partial charge in [0.1, 0.15) is 0 Å². The molecule has 1 fully saturated rings. The van der Waals surface area contributed by atoms with Gasteiger partial charge in [0.05, 0.1) is 16.7 Å². The second kappa shape index (κ2) is 7.72. The van der Waals surface area contributed by atoms with Crippen LogP contribution in [0.5, 0.6) is 0 Å². The number of thioether (sulfide) groups is 1. The summed E-state index contributed by atoms with van der Waals surface area (Å²) in [6.07, 6.45) is 5.20. The fraction of sp³-hybridized carbons (Fsp3) is 0.474. The summed E-state index contributed by atoms with van der Waals surface area (Å²) in [5.41, 5.74) is 0.740. The molecule has 2 heterocycles. The number of para-hydroxylation sites is 1. The Bertz CT molecular complexity index is 1040. The van der Waals surface area contributed by atoms with Crippen molar-refractivity contribution < 1.29 is 4.79 Å². The Morgan fingerprint density at radius 1 is 1.26 bits per heavy atom. The Morgan fingerprint density at radius 3 is 2.85 bits per heavy atom. The predicted octanol–water partition coefficient (Wildman–Crippen LogP) is 2.61. The Morgan fingerprint density at radius 2 is 2.07 bits per heavy atom. The first kappa shape index (κ1) is 18.0. The summed E-state index contributed by atoms with van der Waals surface area (Å²) in [6, 6.07) is 7.85. The number of hydrogen-bond donors (Lipinski definition) is 1. The van der Waals surface area contributed by atoms with Crippen molar-refractivity contribution in [3.05, 3.63) is 34.6 Å². The van der Waals surface area contributed by atoms with Crippen LogP contribution in [0.4, 0.5) is 0 Å². The van der Waals surface area contributed by atoms with Gasteiger partial charge in [-0.3, -0.25) is 18.6 Å². The molecule has 1 N–H and O–H groups in total. The molecule has 1 aliphatic carbocycles. The molecule has 1 aromatic carbocycles. The van der Waals surface area contributed by atoms with E-state index >= 15 is 0 Å². The minimum atomic E-state index is -0.0374. The van der Waals surface area contributed by atoms with E-state index in [1.165, 1.54) is 11.8 Å². The van der Waals surface area contributed by atoms with Gasteiger partial charge in [-0.2, -0.15) is 0 Å². The maximum absolute atomic E-state index is 13.0. The first-order valence-corrected chi connectivity index (χ1v) is 10.5. The average Bonchev–Trinajstić information content (AvgIpc) is 3.39. The number of carbonyl (C=O) groups excluding carboxylic acids is 1. The lowest BCUT2D eigenvalue weighted by Crippen LogP contribution is -2.27. The summed E-state index contributed by atoms with van der Waals surface area (Å²) in [5, 5.41) is 12.8. The van der Waals surface area contributed by atoms with Crippen molar-refractivity contribution in [1.82, 2.24) is 24.5 Å². The zero-order chi connectivity index (χ0) is 18.8. The van der Waals surface area contributed by atoms with Gasteiger partial charge in [0.15, 0.2) is 5.16 Å². The van der Waals surface area contributed by atoms with E-state index in [1.807, 2.05) is 28.7 Å². The van der Waals surface area contributed by atoms with E-state index < -0.39 is 0 Å². The summed E-state index contributed by atoms with van der Waals surface area (Å²) in [6.45, 7) is 2.75. The molecule has 0 unspecified atom stereocenters. The van der Waals surface area contributed by atoms with Crippen molar-refractivity contribution in [2.45, 2.75) is 56.8 Å². The number of amides is 1. The first-order chi connectivity index (χ1) is 13.2. The monoisotopic (exact) mass is 385 g/mol. The minimum absolute atomic E-state index is 0.0137. The van der Waals surface area contributed by atoms with Gasteiger partial charge in [0.2, 0.25) is 11.7 Å². The van der Waals surface area contributed by atoms with Gasteiger partial charge in [-0.05, 0) is 31.4 Å². The molecular weight excluding hydrogens is 362 g/mol. The fourth-order valence-corrected chi connectivity index (χ4v) is 3.93. The quantitative estimate of drug-likeness (QED) is 0.476. The van der Waals surface area contributed by atoms with Crippen LogP contribution in [0, 0.1) is 0 Å². The second-order valence-electron chi connectivity index (χ2n) is 6.93. The molecular formula is C19H23N5O2S. The molecule has 4 rings (SSSR count). The van der Waals surface area contributed by atoms with Crippen molar-refractivity contribution in [2.75, 3.05) is 5.75 Å². The van der Waals surface area contributed by atoms with Crippen LogP contribution in [-0.4, -0.2) is 36.9 Å². The average molecular weight is 385 g/mol. The number of hydrogen-bond acceptors (Lipinski definition) is 5. The van der Waals surface area contributed by atoms with E-state index in [0.29, 0.717) is 34.7 Å². The molecule has 1 saturated carbocycles. The van der Waals surface area contributed by atoms with Crippen LogP contribution < -0.4 is 10.9 Å². The number of benzene rings is 1. The van der Waals surface area contributed by atoms with E-state index in [4.69, 9.17) is 0 Å². The standard InChI is InChI=1S/C19H23N5O2S/c1-2-3-6-11-23-17(26)14-7-4-5-8-15(14)24-18(23)21-22-19(24)27-12-16(25)20-13-9-10-13/h4-5,7-8,13H,2-3,6,9-12H2,1H3,(H,20,25). The summed E-state index contributed by atoms with van der Waals surface area (Å²) in [4.78, 5) is 25.0. The molecule has 1 aliphatic rings. The molecule has 0 saturated heterocycles. The Labute approximate surface area is 161 Å². The molecule has 0 atom stereocenters. The number of fused-ring (bicyclic) bond motifs is 3. The molecule has 3 aromatic rings. The van der Waals surface area contributed by atoms with Gasteiger partial charge in [0.25, 0.3) is 5.56 Å². The first-order valence-electron chi connectivity index (χ1n) is 9.48. The van der Waals surface area contributed by atoms with E-state index in [1.54, 1.807) is 4.57 Å². The van der Waals surface area contributed by atoms with Crippen LogP contribution in [0.1, 0.15) is 39.0 Å². The third kappa shape index (κ3) is 3.71. The Kier molecular flexibility index (Phi) is 5.15. The summed E-state index contributed by atoms with van der Waals surface area (Å²) in [5.74, 6) is 0.848. The Hall–Kier alpha value is -2.35. The van der Waals surface area contributed by atoms with E-state index in [0.717, 1.165) is 37.6 Å². The third-order valence-electron chi connectivity index (χ3n) is 4.74. The van der Waals surface area contributed by atoms with Gasteiger partial charge < -0.3 is 5.32 Å². The highest BCUT2D eigenvalue weighted by Gasteiger charge is 2.24. The number of nitrogens with zero attached hydrogens (tertiary/aromatic N) is 4. The van der Waals surface area contributed by atoms with Gasteiger partial charge >= 0.3 is 0 Å². The van der Waals surface area contributed by atoms with E-state index in [-0.39, 0.29) is 11.5 Å². The number of unbranched alkanes of at least 4 members (excludes halogenated alkanes) is 2. The minimum Gasteiger partial charge on any atom is -0.353 e. The van der Waals surface area contributed by atoms with Crippen molar-refractivity contribution in [1.29, 1.82) is 0 Å². The molecule has 0 spiro atoms. The highest BCUT2D eigenvalue weighted by molar-refractivity contribution is 7.99. The van der Waals surface area contributed by atoms with Crippen LogP contribution in [0.15, 0.2) is 34.2 Å². The smallest absolute Gasteiger partial charge is 0.262 e. The van der Waals surface area contributed by atoms with Gasteiger partial charge in [-0.1, -0.05) is 43.7 Å². The van der Waals surface area contributed by atoms with Gasteiger partial charge in [0, 0.05) is 12.6 Å². The number of aryl methyl sites for hydroxylation is 1. The highest BCUT2D eigenvalue weighted by Crippen LogP contribution is 2.23. The molecule has 8 heteroatoms. The van der Waals surface area contributed by atoms with Crippen molar-refractivity contribution in [2.24, 2.45) is 0 Å². The summed E-state index contributed by atoms with van der Waals surface area (Å²) >= 11 is 1.35. The summed E-state index contributed by atoms with van der Waals surface area (Å²) in [7, 11) is 0. The van der Waals surface area contributed by atoms with Crippen molar-refractivity contribution in [3.8, 4) is 0 Å². The zero-order valence-corrected chi connectivity index (χ0v) is 16.2. The molecule has 27 heavy (non-hydrogen) atoms. The van der Waals surface area contributed by atoms with Crippen LogP contribution in [-0.2, 0) is 11.3 Å². The fourth-order valence-electron chi connectivity index (χ4n) is 3.18. The van der Waals surface area contributed by atoms with Crippen molar-refractivity contribution >= 4 is 34.3 Å². The number of nitrogens with one attached hydrogen (secondary N) is 1.